The van der Waals surface area contributed by atoms with E-state index in [1.807, 2.05) is 0 Å². The zero-order valence-corrected chi connectivity index (χ0v) is 12.4. The van der Waals surface area contributed by atoms with Crippen LogP contribution in [-0.2, 0) is 15.1 Å². The normalized spacial score (nSPS) is 30.8. The molecule has 3 rings (SSSR count). The summed E-state index contributed by atoms with van der Waals surface area (Å²) in [7, 11) is 1.41. The van der Waals surface area contributed by atoms with Gasteiger partial charge in [-0.25, -0.2) is 0 Å². The molecule has 124 valence electrons. The maximum atomic E-state index is 14.0. The van der Waals surface area contributed by atoms with E-state index >= 15 is 0 Å². The highest BCUT2D eigenvalue weighted by molar-refractivity contribution is 6.06. The summed E-state index contributed by atoms with van der Waals surface area (Å²) in [6.45, 7) is 0. The Morgan fingerprint density at radius 1 is 1.17 bits per heavy atom. The molecule has 1 aliphatic carbocycles. The average Bonchev–Trinajstić information content (AvgIpc) is 2.50. The number of carbonyl (C=O) groups is 2. The van der Waals surface area contributed by atoms with Crippen LogP contribution in [0.3, 0.4) is 0 Å². The fraction of sp³-hybridized carbons (Fsp3) is 0.500. The summed E-state index contributed by atoms with van der Waals surface area (Å²) in [5.74, 6) is -3.27. The van der Waals surface area contributed by atoms with Gasteiger partial charge in [-0.1, -0.05) is 18.6 Å². The van der Waals surface area contributed by atoms with Crippen LogP contribution in [0, 0.1) is 11.8 Å². The van der Waals surface area contributed by atoms with Gasteiger partial charge in [0.2, 0.25) is 5.91 Å². The number of ketones is 1. The molecule has 23 heavy (non-hydrogen) atoms. The zero-order valence-electron chi connectivity index (χ0n) is 12.4. The summed E-state index contributed by atoms with van der Waals surface area (Å²) in [5, 5.41) is 2.13. The number of carbonyl (C=O) groups excluding carboxylic acids is 2. The molecule has 1 saturated heterocycles. The van der Waals surface area contributed by atoms with Crippen molar-refractivity contribution >= 4 is 11.7 Å². The minimum absolute atomic E-state index is 0.112. The molecule has 1 aromatic carbocycles. The molecule has 0 aromatic heterocycles. The van der Waals surface area contributed by atoms with Gasteiger partial charge >= 0.3 is 6.18 Å². The Bertz CT molecular complexity index is 641. The average molecular weight is 327 g/mol. The first-order valence-corrected chi connectivity index (χ1v) is 7.38. The third kappa shape index (κ3) is 2.21. The molecule has 0 radical (unpaired) electrons. The number of rotatable bonds is 2. The number of amides is 1. The topological polar surface area (TPSA) is 55.4 Å². The van der Waals surface area contributed by atoms with E-state index in [0.29, 0.717) is 18.6 Å². The first-order valence-electron chi connectivity index (χ1n) is 7.38. The molecule has 2 bridgehead atoms. The minimum Gasteiger partial charge on any atom is -0.497 e. The van der Waals surface area contributed by atoms with Crippen molar-refractivity contribution in [3.8, 4) is 5.75 Å². The number of methoxy groups -OCH3 is 1. The van der Waals surface area contributed by atoms with Gasteiger partial charge in [-0.2, -0.15) is 13.2 Å². The number of piperidine rings is 1. The molecule has 1 aliphatic heterocycles. The lowest BCUT2D eigenvalue weighted by Crippen LogP contribution is -2.69. The van der Waals surface area contributed by atoms with E-state index in [0.717, 1.165) is 0 Å². The van der Waals surface area contributed by atoms with Gasteiger partial charge in [0.15, 0.2) is 11.3 Å². The minimum atomic E-state index is -4.78. The maximum absolute atomic E-state index is 14.0. The largest absolute Gasteiger partial charge is 0.497 e. The summed E-state index contributed by atoms with van der Waals surface area (Å²) in [6.07, 6.45) is -3.92. The van der Waals surface area contributed by atoms with Crippen LogP contribution in [0.25, 0.3) is 0 Å². The van der Waals surface area contributed by atoms with E-state index in [1.54, 1.807) is 0 Å². The molecule has 0 unspecified atom stereocenters. The van der Waals surface area contributed by atoms with E-state index in [9.17, 15) is 22.8 Å². The lowest BCUT2D eigenvalue weighted by molar-refractivity contribution is -0.227. The molecule has 1 saturated carbocycles. The molecule has 4 nitrogen and oxygen atoms in total. The van der Waals surface area contributed by atoms with Gasteiger partial charge in [-0.15, -0.1) is 0 Å². The van der Waals surface area contributed by atoms with Gasteiger partial charge < -0.3 is 10.1 Å². The maximum Gasteiger partial charge on any atom is 0.416 e. The Hall–Kier alpha value is -2.05. The van der Waals surface area contributed by atoms with Gasteiger partial charge in [-0.3, -0.25) is 9.59 Å². The third-order valence-corrected chi connectivity index (χ3v) is 4.82. The van der Waals surface area contributed by atoms with Crippen LogP contribution in [-0.4, -0.2) is 25.0 Å². The van der Waals surface area contributed by atoms with Crippen LogP contribution in [0.2, 0.25) is 0 Å². The van der Waals surface area contributed by atoms with Crippen molar-refractivity contribution in [1.82, 2.24) is 5.32 Å². The van der Waals surface area contributed by atoms with Crippen molar-refractivity contribution in [2.24, 2.45) is 11.8 Å². The molecule has 1 amide bonds. The highest BCUT2D eigenvalue weighted by atomic mass is 19.4. The van der Waals surface area contributed by atoms with Crippen LogP contribution >= 0.6 is 0 Å². The Labute approximate surface area is 131 Å². The van der Waals surface area contributed by atoms with E-state index in [4.69, 9.17) is 4.74 Å². The number of alkyl halides is 3. The van der Waals surface area contributed by atoms with E-state index < -0.39 is 35.2 Å². The van der Waals surface area contributed by atoms with Gasteiger partial charge in [0.1, 0.15) is 5.75 Å². The van der Waals surface area contributed by atoms with Crippen molar-refractivity contribution < 1.29 is 27.5 Å². The highest BCUT2D eigenvalue weighted by Gasteiger charge is 2.67. The number of ether oxygens (including phenoxy) is 1. The lowest BCUT2D eigenvalue weighted by Gasteiger charge is -2.49. The van der Waals surface area contributed by atoms with E-state index in [1.165, 1.54) is 31.4 Å². The van der Waals surface area contributed by atoms with Gasteiger partial charge in [0.05, 0.1) is 18.9 Å². The molecular formula is C16H16F3NO3. The number of Topliss-reactive ketones (excluding diaryl/α,β-unsaturated/α-hetero) is 1. The molecule has 1 heterocycles. The van der Waals surface area contributed by atoms with Crippen molar-refractivity contribution in [3.63, 3.8) is 0 Å². The summed E-state index contributed by atoms with van der Waals surface area (Å²) in [6, 6.07) is 5.31. The monoisotopic (exact) mass is 327 g/mol. The van der Waals surface area contributed by atoms with Crippen molar-refractivity contribution in [2.45, 2.75) is 31.0 Å². The molecule has 7 heteroatoms. The number of hydrogen-bond donors (Lipinski definition) is 1. The molecule has 0 spiro atoms. The molecular weight excluding hydrogens is 311 g/mol. The summed E-state index contributed by atoms with van der Waals surface area (Å²) in [5.41, 5.74) is -2.80. The first kappa shape index (κ1) is 15.8. The molecule has 1 N–H and O–H groups in total. The number of hydrogen-bond acceptors (Lipinski definition) is 3. The Morgan fingerprint density at radius 2 is 1.83 bits per heavy atom. The quantitative estimate of drug-likeness (QED) is 0.850. The Morgan fingerprint density at radius 3 is 2.39 bits per heavy atom. The first-order chi connectivity index (χ1) is 10.8. The number of halogens is 3. The zero-order chi connectivity index (χ0) is 16.8. The number of benzene rings is 1. The van der Waals surface area contributed by atoms with Crippen molar-refractivity contribution in [1.29, 1.82) is 0 Å². The van der Waals surface area contributed by atoms with Crippen LogP contribution < -0.4 is 10.1 Å². The summed E-state index contributed by atoms with van der Waals surface area (Å²) < 4.78 is 47.0. The van der Waals surface area contributed by atoms with Crippen LogP contribution in [0.1, 0.15) is 24.8 Å². The fourth-order valence-corrected chi connectivity index (χ4v) is 3.67. The summed E-state index contributed by atoms with van der Waals surface area (Å²) in [4.78, 5) is 24.5. The fourth-order valence-electron chi connectivity index (χ4n) is 3.67. The smallest absolute Gasteiger partial charge is 0.416 e. The lowest BCUT2D eigenvalue weighted by atomic mass is 9.63. The van der Waals surface area contributed by atoms with Gasteiger partial charge in [-0.05, 0) is 30.5 Å². The van der Waals surface area contributed by atoms with E-state index in [2.05, 4.69) is 5.32 Å². The number of fused-ring (bicyclic) bond motifs is 2. The molecule has 1 aromatic rings. The Kier molecular flexibility index (Phi) is 3.61. The summed E-state index contributed by atoms with van der Waals surface area (Å²) >= 11 is 0. The second kappa shape index (κ2) is 5.25. The second-order valence-corrected chi connectivity index (χ2v) is 5.96. The highest BCUT2D eigenvalue weighted by Crippen LogP contribution is 2.51. The van der Waals surface area contributed by atoms with Crippen LogP contribution in [0.15, 0.2) is 24.3 Å². The van der Waals surface area contributed by atoms with Crippen LogP contribution in [0.4, 0.5) is 13.2 Å². The van der Waals surface area contributed by atoms with Gasteiger partial charge in [0.25, 0.3) is 0 Å². The molecule has 2 aliphatic rings. The molecule has 3 atom stereocenters. The molecule has 2 fully saturated rings. The Balaban J connectivity index is 2.16. The predicted molar refractivity (Wildman–Crippen MR) is 74.7 cm³/mol. The third-order valence-electron chi connectivity index (χ3n) is 4.82. The van der Waals surface area contributed by atoms with E-state index in [-0.39, 0.29) is 12.0 Å². The predicted octanol–water partition coefficient (Wildman–Crippen LogP) is 2.57. The standard InChI is InChI=1S/C16H16F3NO3/c1-23-10-7-5-9(6-8-10)15(16(17,18)19)12-4-2-3-11(13(12)21)14(22)20-15/h5-8,11-12H,2-4H2,1H3,(H,20,22)/t11-,12+,15+/m0/s1. The van der Waals surface area contributed by atoms with Crippen molar-refractivity contribution in [2.75, 3.05) is 7.11 Å². The van der Waals surface area contributed by atoms with Gasteiger partial charge in [0, 0.05) is 0 Å². The van der Waals surface area contributed by atoms with Crippen molar-refractivity contribution in [3.05, 3.63) is 29.8 Å². The second-order valence-electron chi connectivity index (χ2n) is 5.96. The number of nitrogens with one attached hydrogen (secondary N) is 1. The SMILES string of the molecule is COc1ccc([C@@]2(C(F)(F)F)NC(=O)[C@H]3CCC[C@@H]2C3=O)cc1. The van der Waals surface area contributed by atoms with Crippen LogP contribution in [0.5, 0.6) is 5.75 Å².